The molecule has 1 aromatic carbocycles. The molecule has 3 aliphatic rings. The number of aryl methyl sites for hydroxylation is 3. The maximum absolute atomic E-state index is 13.9. The number of halogens is 3. The molecular weight excluding hydrogens is 650 g/mol. The highest BCUT2D eigenvalue weighted by Gasteiger charge is 2.52. The number of alkyl halides is 2. The molecule has 47 heavy (non-hydrogen) atoms. The Labute approximate surface area is 279 Å². The number of hydrogen-bond donors (Lipinski definition) is 1. The Bertz CT molecular complexity index is 1940. The Kier molecular flexibility index (Phi) is 8.35. The van der Waals surface area contributed by atoms with E-state index < -0.39 is 24.1 Å². The molecule has 1 atom stereocenters. The summed E-state index contributed by atoms with van der Waals surface area (Å²) in [7, 11) is 0. The summed E-state index contributed by atoms with van der Waals surface area (Å²) in [5.74, 6) is -2.61. The SMILES string of the molecule is Cc1cc(-c2cc(Cl)ccc2OCCn2c(C)nc3c(c2=O)C[C@@H](N2CCC4(CC2)CC(F)(F)CO4)CC3)c2scc(C(=O)O)c2n1. The van der Waals surface area contributed by atoms with Crippen molar-refractivity contribution in [2.75, 3.05) is 26.3 Å². The number of carboxylic acid groups (broad SMARTS) is 1. The summed E-state index contributed by atoms with van der Waals surface area (Å²) in [5.41, 5.74) is 3.45. The van der Waals surface area contributed by atoms with Crippen LogP contribution < -0.4 is 10.3 Å². The van der Waals surface area contributed by atoms with Crippen molar-refractivity contribution in [3.63, 3.8) is 0 Å². The van der Waals surface area contributed by atoms with E-state index in [4.69, 9.17) is 26.1 Å². The highest BCUT2D eigenvalue weighted by molar-refractivity contribution is 7.18. The van der Waals surface area contributed by atoms with Crippen LogP contribution >= 0.6 is 22.9 Å². The van der Waals surface area contributed by atoms with Crippen molar-refractivity contribution in [3.8, 4) is 16.9 Å². The molecule has 13 heteroatoms. The van der Waals surface area contributed by atoms with Gasteiger partial charge in [-0.25, -0.2) is 18.6 Å². The minimum Gasteiger partial charge on any atom is -0.491 e. The number of rotatable bonds is 7. The average molecular weight is 685 g/mol. The standard InChI is InChI=1S/C34H35ClF2N4O5S/c1-19-13-24(30-29(38-19)26(16-47-30)32(43)44)23-14-21(35)3-6-28(23)45-12-11-41-20(2)39-27-5-4-22(15-25(27)31(41)42)40-9-7-33(8-10-40)17-34(36,37)18-46-33/h3,6,13-14,16,22H,4-5,7-12,15,17-18H2,1-2H3,(H,43,44)/t22-/m0/s1. The summed E-state index contributed by atoms with van der Waals surface area (Å²) in [6.45, 7) is 4.97. The Morgan fingerprint density at radius 2 is 1.98 bits per heavy atom. The van der Waals surface area contributed by atoms with Gasteiger partial charge in [0.25, 0.3) is 11.5 Å². The normalized spacial score (nSPS) is 20.5. The molecular formula is C34H35ClF2N4O5S. The van der Waals surface area contributed by atoms with Gasteiger partial charge in [-0.2, -0.15) is 0 Å². The minimum absolute atomic E-state index is 0.0735. The molecule has 3 aromatic heterocycles. The number of aromatic carboxylic acids is 1. The second-order valence-electron chi connectivity index (χ2n) is 12.9. The average Bonchev–Trinajstić information content (AvgIpc) is 3.59. The topological polar surface area (TPSA) is 107 Å². The van der Waals surface area contributed by atoms with Crippen molar-refractivity contribution in [1.29, 1.82) is 0 Å². The Hall–Kier alpha value is -3.45. The van der Waals surface area contributed by atoms with Crippen LogP contribution in [0.3, 0.4) is 0 Å². The number of carboxylic acids is 1. The van der Waals surface area contributed by atoms with Gasteiger partial charge < -0.3 is 14.6 Å². The Morgan fingerprint density at radius 3 is 2.70 bits per heavy atom. The van der Waals surface area contributed by atoms with E-state index >= 15 is 0 Å². The zero-order valence-corrected chi connectivity index (χ0v) is 27.7. The van der Waals surface area contributed by atoms with Crippen molar-refractivity contribution >= 4 is 39.1 Å². The van der Waals surface area contributed by atoms with Crippen LogP contribution in [0.4, 0.5) is 8.78 Å². The number of fused-ring (bicyclic) bond motifs is 2. The number of likely N-dealkylation sites (tertiary alicyclic amines) is 1. The van der Waals surface area contributed by atoms with E-state index in [0.717, 1.165) is 22.4 Å². The molecule has 9 nitrogen and oxygen atoms in total. The maximum Gasteiger partial charge on any atom is 0.338 e. The Morgan fingerprint density at radius 1 is 1.19 bits per heavy atom. The monoisotopic (exact) mass is 684 g/mol. The number of pyridine rings is 1. The molecule has 1 spiro atoms. The van der Waals surface area contributed by atoms with Gasteiger partial charge in [0.1, 0.15) is 24.8 Å². The third-order valence-corrected chi connectivity index (χ3v) is 11.0. The molecule has 2 saturated heterocycles. The van der Waals surface area contributed by atoms with E-state index in [9.17, 15) is 23.5 Å². The van der Waals surface area contributed by atoms with Gasteiger partial charge in [0.2, 0.25) is 0 Å². The number of carbonyl (C=O) groups is 1. The fourth-order valence-corrected chi connectivity index (χ4v) is 8.59. The van der Waals surface area contributed by atoms with Crippen molar-refractivity contribution < 1.29 is 28.2 Å². The summed E-state index contributed by atoms with van der Waals surface area (Å²) in [4.78, 5) is 37.2. The molecule has 1 N–H and O–H groups in total. The third-order valence-electron chi connectivity index (χ3n) is 9.77. The largest absolute Gasteiger partial charge is 0.491 e. The fourth-order valence-electron chi connectivity index (χ4n) is 7.41. The van der Waals surface area contributed by atoms with Crippen molar-refractivity contribution in [1.82, 2.24) is 19.4 Å². The van der Waals surface area contributed by atoms with Gasteiger partial charge in [0.05, 0.1) is 33.6 Å². The molecule has 4 aromatic rings. The predicted octanol–water partition coefficient (Wildman–Crippen LogP) is 6.31. The summed E-state index contributed by atoms with van der Waals surface area (Å²) in [6, 6.07) is 7.33. The lowest BCUT2D eigenvalue weighted by atomic mass is 9.84. The first-order chi connectivity index (χ1) is 22.4. The van der Waals surface area contributed by atoms with Crippen LogP contribution in [0.5, 0.6) is 5.75 Å². The van der Waals surface area contributed by atoms with Crippen LogP contribution in [0.2, 0.25) is 5.02 Å². The van der Waals surface area contributed by atoms with E-state index in [1.54, 1.807) is 28.1 Å². The van der Waals surface area contributed by atoms with Gasteiger partial charge in [0.15, 0.2) is 0 Å². The highest BCUT2D eigenvalue weighted by Crippen LogP contribution is 2.44. The van der Waals surface area contributed by atoms with Gasteiger partial charge in [-0.3, -0.25) is 19.2 Å². The summed E-state index contributed by atoms with van der Waals surface area (Å²) in [6.07, 6.45) is 3.08. The molecule has 0 bridgehead atoms. The van der Waals surface area contributed by atoms with Gasteiger partial charge in [-0.1, -0.05) is 11.6 Å². The number of nitrogens with zero attached hydrogens (tertiary/aromatic N) is 4. The number of aromatic nitrogens is 3. The van der Waals surface area contributed by atoms with E-state index in [2.05, 4.69) is 9.88 Å². The van der Waals surface area contributed by atoms with Gasteiger partial charge in [-0.05, 0) is 70.2 Å². The molecule has 0 radical (unpaired) electrons. The second-order valence-corrected chi connectivity index (χ2v) is 14.2. The number of ether oxygens (including phenoxy) is 2. The first-order valence-corrected chi connectivity index (χ1v) is 17.1. The zero-order chi connectivity index (χ0) is 33.1. The molecule has 7 rings (SSSR count). The smallest absolute Gasteiger partial charge is 0.338 e. The summed E-state index contributed by atoms with van der Waals surface area (Å²) < 4.78 is 42.0. The predicted molar refractivity (Wildman–Crippen MR) is 175 cm³/mol. The lowest BCUT2D eigenvalue weighted by molar-refractivity contribution is -0.0565. The van der Waals surface area contributed by atoms with Crippen LogP contribution in [-0.2, 0) is 24.1 Å². The molecule has 0 amide bonds. The molecule has 1 aliphatic carbocycles. The van der Waals surface area contributed by atoms with E-state index in [1.165, 1.54) is 11.3 Å². The molecule has 5 heterocycles. The first kappa shape index (κ1) is 32.1. The highest BCUT2D eigenvalue weighted by atomic mass is 35.5. The number of benzene rings is 1. The quantitative estimate of drug-likeness (QED) is 0.241. The lowest BCUT2D eigenvalue weighted by Crippen LogP contribution is -2.50. The molecule has 0 saturated carbocycles. The van der Waals surface area contributed by atoms with Crippen molar-refractivity contribution in [2.45, 2.75) is 76.5 Å². The van der Waals surface area contributed by atoms with Gasteiger partial charge in [0, 0.05) is 58.3 Å². The zero-order valence-electron chi connectivity index (χ0n) is 26.2. The third kappa shape index (κ3) is 6.16. The molecule has 2 aliphatic heterocycles. The molecule has 2 fully saturated rings. The maximum atomic E-state index is 13.9. The van der Waals surface area contributed by atoms with Crippen LogP contribution in [0.15, 0.2) is 34.4 Å². The number of thiophene rings is 1. The number of piperidine rings is 1. The second kappa shape index (κ2) is 12.2. The van der Waals surface area contributed by atoms with Gasteiger partial charge >= 0.3 is 5.97 Å². The van der Waals surface area contributed by atoms with Crippen molar-refractivity contribution in [2.24, 2.45) is 0 Å². The van der Waals surface area contributed by atoms with Crippen LogP contribution in [0.1, 0.15) is 58.8 Å². The van der Waals surface area contributed by atoms with E-state index in [0.29, 0.717) is 77.7 Å². The Balaban J connectivity index is 1.08. The lowest BCUT2D eigenvalue weighted by Gasteiger charge is -2.43. The fraction of sp³-hybridized carbons (Fsp3) is 0.471. The van der Waals surface area contributed by atoms with Crippen LogP contribution in [0, 0.1) is 13.8 Å². The summed E-state index contributed by atoms with van der Waals surface area (Å²) >= 11 is 7.71. The number of hydrogen-bond acceptors (Lipinski definition) is 8. The minimum atomic E-state index is -2.75. The van der Waals surface area contributed by atoms with Crippen LogP contribution in [-0.4, -0.2) is 74.4 Å². The van der Waals surface area contributed by atoms with Gasteiger partial charge in [-0.15, -0.1) is 11.3 Å². The van der Waals surface area contributed by atoms with Crippen molar-refractivity contribution in [3.05, 3.63) is 73.4 Å². The molecule has 0 unspecified atom stereocenters. The van der Waals surface area contributed by atoms with E-state index in [-0.39, 0.29) is 36.7 Å². The van der Waals surface area contributed by atoms with E-state index in [1.807, 2.05) is 19.9 Å². The van der Waals surface area contributed by atoms with Crippen LogP contribution in [0.25, 0.3) is 21.3 Å². The molecule has 248 valence electrons. The first-order valence-electron chi connectivity index (χ1n) is 15.8. The summed E-state index contributed by atoms with van der Waals surface area (Å²) in [5, 5.41) is 11.8.